The largest absolute Gasteiger partial charge is 0.478 e. The number of nitrogens with zero attached hydrogens (tertiary/aromatic N) is 1. The Morgan fingerprint density at radius 1 is 1.64 bits per heavy atom. The maximum Gasteiger partial charge on any atom is 0.327 e. The van der Waals surface area contributed by atoms with Crippen LogP contribution < -0.4 is 0 Å². The molecule has 1 heterocycles. The fraction of sp³-hybridized carbons (Fsp3) is 0.200. The van der Waals surface area contributed by atoms with Crippen molar-refractivity contribution in [1.82, 2.24) is 4.98 Å². The topological polar surface area (TPSA) is 50.2 Å². The first-order valence-electron chi connectivity index (χ1n) is 4.12. The number of carboxylic acid groups (broad SMARTS) is 1. The summed E-state index contributed by atoms with van der Waals surface area (Å²) in [7, 11) is 0. The molecule has 3 nitrogen and oxygen atoms in total. The third-order valence-electron chi connectivity index (χ3n) is 1.12. The number of hydrogen-bond donors (Lipinski definition) is 1. The lowest BCUT2D eigenvalue weighted by atomic mass is 10.4. The van der Waals surface area contributed by atoms with E-state index in [4.69, 9.17) is 5.11 Å². The molecule has 0 amide bonds. The summed E-state index contributed by atoms with van der Waals surface area (Å²) in [6.45, 7) is 1.89. The van der Waals surface area contributed by atoms with E-state index in [1.165, 1.54) is 0 Å². The SMILES string of the molecule is Brc1ccccn1.CCC=CC(=O)O. The molecule has 0 atom stereocenters. The van der Waals surface area contributed by atoms with Gasteiger partial charge >= 0.3 is 5.97 Å². The number of aromatic nitrogens is 1. The second kappa shape index (κ2) is 8.44. The number of aliphatic carboxylic acids is 1. The van der Waals surface area contributed by atoms with Crippen molar-refractivity contribution in [2.24, 2.45) is 0 Å². The second-order valence-electron chi connectivity index (χ2n) is 2.30. The predicted molar refractivity (Wildman–Crippen MR) is 59.0 cm³/mol. The molecule has 1 N–H and O–H groups in total. The molecule has 14 heavy (non-hydrogen) atoms. The molecule has 0 saturated heterocycles. The summed E-state index contributed by atoms with van der Waals surface area (Å²) in [5.41, 5.74) is 0. The van der Waals surface area contributed by atoms with Crippen LogP contribution >= 0.6 is 15.9 Å². The molecule has 0 saturated carbocycles. The van der Waals surface area contributed by atoms with Gasteiger partial charge in [-0.2, -0.15) is 0 Å². The van der Waals surface area contributed by atoms with Gasteiger partial charge in [-0.15, -0.1) is 0 Å². The van der Waals surface area contributed by atoms with Crippen molar-refractivity contribution < 1.29 is 9.90 Å². The Bertz CT molecular complexity index is 285. The van der Waals surface area contributed by atoms with Crippen LogP contribution in [0.2, 0.25) is 0 Å². The van der Waals surface area contributed by atoms with Gasteiger partial charge in [0.2, 0.25) is 0 Å². The van der Waals surface area contributed by atoms with Crippen molar-refractivity contribution in [3.63, 3.8) is 0 Å². The van der Waals surface area contributed by atoms with Gasteiger partial charge in [0.15, 0.2) is 0 Å². The molecule has 0 radical (unpaired) electrons. The van der Waals surface area contributed by atoms with E-state index in [-0.39, 0.29) is 0 Å². The van der Waals surface area contributed by atoms with E-state index < -0.39 is 5.97 Å². The van der Waals surface area contributed by atoms with Crippen molar-refractivity contribution in [3.05, 3.63) is 41.2 Å². The van der Waals surface area contributed by atoms with Crippen LogP contribution in [0.25, 0.3) is 0 Å². The first-order valence-corrected chi connectivity index (χ1v) is 4.92. The van der Waals surface area contributed by atoms with Crippen LogP contribution in [-0.2, 0) is 4.79 Å². The van der Waals surface area contributed by atoms with Crippen LogP contribution in [0, 0.1) is 0 Å². The van der Waals surface area contributed by atoms with Crippen LogP contribution in [-0.4, -0.2) is 16.1 Å². The smallest absolute Gasteiger partial charge is 0.327 e. The molecule has 1 aromatic rings. The zero-order chi connectivity index (χ0) is 10.8. The van der Waals surface area contributed by atoms with Gasteiger partial charge in [0.05, 0.1) is 0 Å². The molecular weight excluding hydrogens is 246 g/mol. The molecule has 1 aromatic heterocycles. The Balaban J connectivity index is 0.000000241. The number of rotatable bonds is 2. The van der Waals surface area contributed by atoms with Crippen LogP contribution in [0.1, 0.15) is 13.3 Å². The summed E-state index contributed by atoms with van der Waals surface area (Å²) in [5.74, 6) is -0.873. The molecule has 0 fully saturated rings. The van der Waals surface area contributed by atoms with E-state index >= 15 is 0 Å². The summed E-state index contributed by atoms with van der Waals surface area (Å²) < 4.78 is 0.884. The lowest BCUT2D eigenvalue weighted by Gasteiger charge is -1.80. The maximum absolute atomic E-state index is 9.67. The summed E-state index contributed by atoms with van der Waals surface area (Å²) in [6, 6.07) is 5.70. The number of hydrogen-bond acceptors (Lipinski definition) is 2. The van der Waals surface area contributed by atoms with Crippen LogP contribution in [0.3, 0.4) is 0 Å². The average Bonchev–Trinajstić information content (AvgIpc) is 2.17. The van der Waals surface area contributed by atoms with E-state index in [0.717, 1.165) is 17.1 Å². The molecule has 1 rings (SSSR count). The molecule has 0 aromatic carbocycles. The highest BCUT2D eigenvalue weighted by atomic mass is 79.9. The Hall–Kier alpha value is -1.16. The molecule has 4 heteroatoms. The van der Waals surface area contributed by atoms with Gasteiger partial charge in [-0.05, 0) is 34.5 Å². The minimum atomic E-state index is -0.873. The van der Waals surface area contributed by atoms with Crippen LogP contribution in [0.4, 0.5) is 0 Å². The van der Waals surface area contributed by atoms with Gasteiger partial charge in [0, 0.05) is 12.3 Å². The van der Waals surface area contributed by atoms with E-state index in [9.17, 15) is 4.79 Å². The quantitative estimate of drug-likeness (QED) is 0.655. The predicted octanol–water partition coefficient (Wildman–Crippen LogP) is 2.88. The van der Waals surface area contributed by atoms with Crippen molar-refractivity contribution in [2.75, 3.05) is 0 Å². The summed E-state index contributed by atoms with van der Waals surface area (Å²) in [6.07, 6.45) is 5.26. The molecule has 76 valence electrons. The zero-order valence-electron chi connectivity index (χ0n) is 7.85. The normalized spacial score (nSPS) is 9.29. The molecule has 0 aliphatic rings. The molecule has 0 spiro atoms. The third-order valence-corrected chi connectivity index (χ3v) is 1.59. The Morgan fingerprint density at radius 3 is 2.57 bits per heavy atom. The molecular formula is C10H12BrNO2. The molecule has 0 aliphatic heterocycles. The van der Waals surface area contributed by atoms with Gasteiger partial charge in [0.1, 0.15) is 4.60 Å². The highest BCUT2D eigenvalue weighted by Crippen LogP contribution is 2.00. The second-order valence-corrected chi connectivity index (χ2v) is 3.11. The number of pyridine rings is 1. The fourth-order valence-corrected chi connectivity index (χ4v) is 0.831. The standard InChI is InChI=1S/C5H4BrN.C5H8O2/c6-5-3-1-2-4-7-5;1-2-3-4-5(6)7/h1-4H;3-4H,2H2,1H3,(H,6,7). The van der Waals surface area contributed by atoms with E-state index in [2.05, 4.69) is 20.9 Å². The number of allylic oxidation sites excluding steroid dienone is 1. The average molecular weight is 258 g/mol. The van der Waals surface area contributed by atoms with E-state index in [1.807, 2.05) is 25.1 Å². The van der Waals surface area contributed by atoms with Crippen LogP contribution in [0.5, 0.6) is 0 Å². The van der Waals surface area contributed by atoms with Crippen LogP contribution in [0.15, 0.2) is 41.2 Å². The van der Waals surface area contributed by atoms with E-state index in [1.54, 1.807) is 12.3 Å². The monoisotopic (exact) mass is 257 g/mol. The summed E-state index contributed by atoms with van der Waals surface area (Å²) >= 11 is 3.20. The molecule has 0 bridgehead atoms. The van der Waals surface area contributed by atoms with Gasteiger partial charge in [-0.3, -0.25) is 0 Å². The number of carbonyl (C=O) groups is 1. The molecule has 0 unspecified atom stereocenters. The molecule has 0 aliphatic carbocycles. The minimum Gasteiger partial charge on any atom is -0.478 e. The fourth-order valence-electron chi connectivity index (χ4n) is 0.561. The number of carboxylic acids is 1. The van der Waals surface area contributed by atoms with Gasteiger partial charge in [0.25, 0.3) is 0 Å². The summed E-state index contributed by atoms with van der Waals surface area (Å²) in [4.78, 5) is 13.6. The van der Waals surface area contributed by atoms with Crippen molar-refractivity contribution in [3.8, 4) is 0 Å². The Morgan fingerprint density at radius 2 is 2.36 bits per heavy atom. The Labute approximate surface area is 91.6 Å². The van der Waals surface area contributed by atoms with Gasteiger partial charge in [-0.25, -0.2) is 9.78 Å². The zero-order valence-corrected chi connectivity index (χ0v) is 9.44. The van der Waals surface area contributed by atoms with Gasteiger partial charge in [-0.1, -0.05) is 19.1 Å². The first-order chi connectivity index (χ1) is 6.66. The Kier molecular flexibility index (Phi) is 7.74. The maximum atomic E-state index is 9.67. The lowest BCUT2D eigenvalue weighted by molar-refractivity contribution is -0.131. The lowest BCUT2D eigenvalue weighted by Crippen LogP contribution is -1.84. The van der Waals surface area contributed by atoms with E-state index in [0.29, 0.717) is 0 Å². The minimum absolute atomic E-state index is 0.784. The van der Waals surface area contributed by atoms with Crippen molar-refractivity contribution in [1.29, 1.82) is 0 Å². The van der Waals surface area contributed by atoms with Crippen molar-refractivity contribution in [2.45, 2.75) is 13.3 Å². The summed E-state index contributed by atoms with van der Waals surface area (Å²) in [5, 5.41) is 7.96. The first kappa shape index (κ1) is 12.8. The van der Waals surface area contributed by atoms with Gasteiger partial charge < -0.3 is 5.11 Å². The van der Waals surface area contributed by atoms with Crippen molar-refractivity contribution >= 4 is 21.9 Å². The number of halogens is 1. The highest BCUT2D eigenvalue weighted by molar-refractivity contribution is 9.10. The highest BCUT2D eigenvalue weighted by Gasteiger charge is 1.79. The third kappa shape index (κ3) is 8.93.